The van der Waals surface area contributed by atoms with E-state index in [2.05, 4.69) is 5.32 Å². The molecule has 2 N–H and O–H groups in total. The van der Waals surface area contributed by atoms with E-state index in [1.807, 2.05) is 49.4 Å². The highest BCUT2D eigenvalue weighted by atomic mass is 16.5. The summed E-state index contributed by atoms with van der Waals surface area (Å²) >= 11 is 0. The van der Waals surface area contributed by atoms with Gasteiger partial charge in [0, 0.05) is 36.2 Å². The van der Waals surface area contributed by atoms with Crippen molar-refractivity contribution in [1.82, 2.24) is 5.32 Å². The summed E-state index contributed by atoms with van der Waals surface area (Å²) in [4.78, 5) is 24.7. The second-order valence-electron chi connectivity index (χ2n) is 7.53. The Morgan fingerprint density at radius 3 is 2.69 bits per heavy atom. The number of hydrogen-bond donors (Lipinski definition) is 2. The number of amides is 1. The van der Waals surface area contributed by atoms with Crippen molar-refractivity contribution in [2.75, 3.05) is 6.61 Å². The minimum absolute atomic E-state index is 0.0624. The van der Waals surface area contributed by atoms with Crippen LogP contribution in [-0.4, -0.2) is 23.7 Å². The van der Waals surface area contributed by atoms with E-state index in [9.17, 15) is 14.7 Å². The van der Waals surface area contributed by atoms with Gasteiger partial charge in [0.2, 0.25) is 0 Å². The Bertz CT molecular complexity index is 1260. The van der Waals surface area contributed by atoms with Crippen LogP contribution < -0.4 is 15.5 Å². The average molecular weight is 433 g/mol. The molecule has 2 aromatic heterocycles. The number of fused-ring (bicyclic) bond motifs is 1. The SMILES string of the molecule is CC(CCc1ccco1)NC(=O)COc1cc(O)c2c(=O)cc(-c3ccccc3)oc2c1. The van der Waals surface area contributed by atoms with Crippen molar-refractivity contribution >= 4 is 16.9 Å². The van der Waals surface area contributed by atoms with Gasteiger partial charge >= 0.3 is 0 Å². The molecule has 4 rings (SSSR count). The number of benzene rings is 2. The zero-order valence-electron chi connectivity index (χ0n) is 17.5. The van der Waals surface area contributed by atoms with Gasteiger partial charge in [0.15, 0.2) is 12.0 Å². The summed E-state index contributed by atoms with van der Waals surface area (Å²) in [5, 5.41) is 13.2. The quantitative estimate of drug-likeness (QED) is 0.430. The molecule has 7 heteroatoms. The number of phenols is 1. The Morgan fingerprint density at radius 2 is 1.94 bits per heavy atom. The fourth-order valence-electron chi connectivity index (χ4n) is 3.42. The molecule has 0 fully saturated rings. The summed E-state index contributed by atoms with van der Waals surface area (Å²) < 4.78 is 16.7. The molecule has 0 aliphatic rings. The van der Waals surface area contributed by atoms with E-state index in [4.69, 9.17) is 13.6 Å². The fraction of sp³-hybridized carbons (Fsp3) is 0.200. The van der Waals surface area contributed by atoms with E-state index in [0.717, 1.165) is 24.2 Å². The second-order valence-corrected chi connectivity index (χ2v) is 7.53. The van der Waals surface area contributed by atoms with Crippen LogP contribution in [0.25, 0.3) is 22.3 Å². The molecule has 0 aliphatic heterocycles. The van der Waals surface area contributed by atoms with Crippen molar-refractivity contribution in [3.8, 4) is 22.8 Å². The Balaban J connectivity index is 1.43. The predicted molar refractivity (Wildman–Crippen MR) is 120 cm³/mol. The molecule has 2 heterocycles. The zero-order valence-corrected chi connectivity index (χ0v) is 17.5. The third-order valence-electron chi connectivity index (χ3n) is 5.02. The molecule has 1 atom stereocenters. The Labute approximate surface area is 184 Å². The van der Waals surface area contributed by atoms with E-state index < -0.39 is 0 Å². The maximum atomic E-state index is 12.5. The van der Waals surface area contributed by atoms with Gasteiger partial charge in [-0.1, -0.05) is 30.3 Å². The van der Waals surface area contributed by atoms with Crippen molar-refractivity contribution in [3.05, 3.63) is 82.9 Å². The molecule has 0 spiro atoms. The van der Waals surface area contributed by atoms with Gasteiger partial charge in [-0.05, 0) is 25.5 Å². The number of aromatic hydroxyl groups is 1. The Kier molecular flexibility index (Phi) is 6.26. The molecule has 32 heavy (non-hydrogen) atoms. The van der Waals surface area contributed by atoms with Gasteiger partial charge in [-0.25, -0.2) is 0 Å². The second kappa shape index (κ2) is 9.43. The zero-order chi connectivity index (χ0) is 22.5. The maximum Gasteiger partial charge on any atom is 0.258 e. The number of carbonyl (C=O) groups is 1. The summed E-state index contributed by atoms with van der Waals surface area (Å²) in [6, 6.07) is 17.0. The number of rotatable bonds is 8. The number of phenolic OH excluding ortho intramolecular Hbond substituents is 1. The lowest BCUT2D eigenvalue weighted by atomic mass is 10.1. The summed E-state index contributed by atoms with van der Waals surface area (Å²) in [7, 11) is 0. The maximum absolute atomic E-state index is 12.5. The molecule has 0 saturated heterocycles. The van der Waals surface area contributed by atoms with Crippen molar-refractivity contribution in [3.63, 3.8) is 0 Å². The lowest BCUT2D eigenvalue weighted by Crippen LogP contribution is -2.36. The molecule has 2 aromatic carbocycles. The molecule has 0 radical (unpaired) electrons. The van der Waals surface area contributed by atoms with Crippen molar-refractivity contribution in [2.24, 2.45) is 0 Å². The van der Waals surface area contributed by atoms with Crippen molar-refractivity contribution in [1.29, 1.82) is 0 Å². The van der Waals surface area contributed by atoms with Gasteiger partial charge in [-0.3, -0.25) is 9.59 Å². The molecule has 0 bridgehead atoms. The smallest absolute Gasteiger partial charge is 0.258 e. The van der Waals surface area contributed by atoms with Crippen molar-refractivity contribution < 1.29 is 23.5 Å². The highest BCUT2D eigenvalue weighted by Crippen LogP contribution is 2.31. The third kappa shape index (κ3) is 5.00. The molecule has 7 nitrogen and oxygen atoms in total. The highest BCUT2D eigenvalue weighted by molar-refractivity contribution is 5.86. The van der Waals surface area contributed by atoms with Gasteiger partial charge in [0.1, 0.15) is 34.0 Å². The largest absolute Gasteiger partial charge is 0.507 e. The number of ether oxygens (including phenoxy) is 1. The number of furan rings is 1. The molecule has 1 amide bonds. The minimum atomic E-state index is -0.364. The van der Waals surface area contributed by atoms with Gasteiger partial charge in [0.05, 0.1) is 6.26 Å². The predicted octanol–water partition coefficient (Wildman–Crippen LogP) is 4.27. The van der Waals surface area contributed by atoms with Crippen LogP contribution in [0.4, 0.5) is 0 Å². The lowest BCUT2D eigenvalue weighted by molar-refractivity contribution is -0.123. The van der Waals surface area contributed by atoms with E-state index >= 15 is 0 Å². The molecule has 0 aliphatic carbocycles. The van der Waals surface area contributed by atoms with Crippen LogP contribution in [0.15, 0.2) is 80.6 Å². The lowest BCUT2D eigenvalue weighted by Gasteiger charge is -2.14. The van der Waals surface area contributed by atoms with Crippen LogP contribution in [0.5, 0.6) is 11.5 Å². The molecular weight excluding hydrogens is 410 g/mol. The topological polar surface area (TPSA) is 102 Å². The average Bonchev–Trinajstić information content (AvgIpc) is 3.30. The standard InChI is InChI=1S/C25H23NO6/c1-16(9-10-18-8-5-11-30-18)26-24(29)15-31-19-12-20(27)25-21(28)14-22(32-23(25)13-19)17-6-3-2-4-7-17/h2-8,11-14,16,27H,9-10,15H2,1H3,(H,26,29). The van der Waals surface area contributed by atoms with Crippen LogP contribution in [0.3, 0.4) is 0 Å². The fourth-order valence-corrected chi connectivity index (χ4v) is 3.42. The van der Waals surface area contributed by atoms with Crippen LogP contribution in [0.2, 0.25) is 0 Å². The van der Waals surface area contributed by atoms with Gasteiger partial charge in [0.25, 0.3) is 5.91 Å². The molecule has 1 unspecified atom stereocenters. The van der Waals surface area contributed by atoms with E-state index in [1.54, 1.807) is 6.26 Å². The monoisotopic (exact) mass is 433 g/mol. The first kappa shape index (κ1) is 21.2. The van der Waals surface area contributed by atoms with E-state index in [1.165, 1.54) is 18.2 Å². The summed E-state index contributed by atoms with van der Waals surface area (Å²) in [5.41, 5.74) is 0.552. The normalized spacial score (nSPS) is 11.9. The highest BCUT2D eigenvalue weighted by Gasteiger charge is 2.14. The summed E-state index contributed by atoms with van der Waals surface area (Å²) in [6.45, 7) is 1.67. The molecular formula is C25H23NO6. The van der Waals surface area contributed by atoms with E-state index in [0.29, 0.717) is 5.76 Å². The Morgan fingerprint density at radius 1 is 1.12 bits per heavy atom. The number of nitrogens with one attached hydrogen (secondary N) is 1. The molecule has 0 saturated carbocycles. The van der Waals surface area contributed by atoms with Crippen LogP contribution in [0.1, 0.15) is 19.1 Å². The van der Waals surface area contributed by atoms with Crippen LogP contribution in [-0.2, 0) is 11.2 Å². The first-order valence-corrected chi connectivity index (χ1v) is 10.3. The first-order valence-electron chi connectivity index (χ1n) is 10.3. The van der Waals surface area contributed by atoms with E-state index in [-0.39, 0.29) is 46.5 Å². The molecule has 164 valence electrons. The summed E-state index contributed by atoms with van der Waals surface area (Å²) in [6.07, 6.45) is 3.07. The first-order chi connectivity index (χ1) is 15.5. The van der Waals surface area contributed by atoms with Crippen molar-refractivity contribution in [2.45, 2.75) is 25.8 Å². The number of hydrogen-bond acceptors (Lipinski definition) is 6. The molecule has 4 aromatic rings. The van der Waals surface area contributed by atoms with Gasteiger partial charge in [-0.15, -0.1) is 0 Å². The Hall–Kier alpha value is -4.00. The minimum Gasteiger partial charge on any atom is -0.507 e. The number of carbonyl (C=O) groups excluding carboxylic acids is 1. The third-order valence-corrected chi connectivity index (χ3v) is 5.02. The van der Waals surface area contributed by atoms with Crippen LogP contribution >= 0.6 is 0 Å². The summed E-state index contributed by atoms with van der Waals surface area (Å²) in [5.74, 6) is 0.906. The van der Waals surface area contributed by atoms with Gasteiger partial charge in [-0.2, -0.15) is 0 Å². The van der Waals surface area contributed by atoms with Gasteiger partial charge < -0.3 is 24.0 Å². The number of aryl methyl sites for hydroxylation is 1. The van der Waals surface area contributed by atoms with Crippen LogP contribution in [0, 0.1) is 0 Å².